The first-order valence-electron chi connectivity index (χ1n) is 8.47. The Bertz CT molecular complexity index is 950. The van der Waals surface area contributed by atoms with Crippen molar-refractivity contribution < 1.29 is 14.4 Å². The van der Waals surface area contributed by atoms with Gasteiger partial charge < -0.3 is 10.6 Å². The number of hydrogen-bond acceptors (Lipinski definition) is 7. The monoisotopic (exact) mass is 414 g/mol. The molecule has 0 bridgehead atoms. The van der Waals surface area contributed by atoms with Crippen LogP contribution in [0.4, 0.5) is 5.69 Å². The van der Waals surface area contributed by atoms with Gasteiger partial charge in [-0.15, -0.1) is 16.4 Å². The Morgan fingerprint density at radius 3 is 2.57 bits per heavy atom. The first-order chi connectivity index (χ1) is 13.4. The first kappa shape index (κ1) is 20.0. The van der Waals surface area contributed by atoms with Crippen LogP contribution in [0.15, 0.2) is 52.0 Å². The third-order valence-corrected chi connectivity index (χ3v) is 5.94. The molecular formula is C19H18N4O3S2. The van der Waals surface area contributed by atoms with E-state index >= 15 is 0 Å². The van der Waals surface area contributed by atoms with Gasteiger partial charge in [0.1, 0.15) is 5.25 Å². The number of benzene rings is 1. The van der Waals surface area contributed by atoms with Crippen LogP contribution in [0.2, 0.25) is 0 Å². The number of nitrogens with zero attached hydrogens (tertiary/aromatic N) is 2. The molecule has 1 aromatic heterocycles. The van der Waals surface area contributed by atoms with E-state index in [1.165, 1.54) is 6.92 Å². The molecule has 2 aromatic rings. The number of amides is 2. The van der Waals surface area contributed by atoms with Gasteiger partial charge >= 0.3 is 0 Å². The van der Waals surface area contributed by atoms with E-state index in [2.05, 4.69) is 20.8 Å². The molecule has 144 valence electrons. The van der Waals surface area contributed by atoms with Crippen LogP contribution in [0.5, 0.6) is 0 Å². The molecule has 2 heterocycles. The largest absolute Gasteiger partial charge is 0.325 e. The molecule has 1 saturated heterocycles. The number of Topliss-reactive ketones (excluding diaryl/α,β-unsaturated/α-hetero) is 1. The third kappa shape index (κ3) is 5.14. The van der Waals surface area contributed by atoms with Crippen molar-refractivity contribution in [2.45, 2.75) is 25.5 Å². The molecule has 28 heavy (non-hydrogen) atoms. The van der Waals surface area contributed by atoms with Gasteiger partial charge in [-0.2, -0.15) is 5.10 Å². The summed E-state index contributed by atoms with van der Waals surface area (Å²) in [4.78, 5) is 36.8. The summed E-state index contributed by atoms with van der Waals surface area (Å²) in [5.41, 5.74) is 1.86. The molecule has 0 saturated carbocycles. The van der Waals surface area contributed by atoms with Crippen molar-refractivity contribution in [3.63, 3.8) is 0 Å². The lowest BCUT2D eigenvalue weighted by Gasteiger charge is -2.21. The number of ketones is 1. The summed E-state index contributed by atoms with van der Waals surface area (Å²) < 4.78 is 0. The molecule has 1 aliphatic heterocycles. The van der Waals surface area contributed by atoms with E-state index in [9.17, 15) is 14.4 Å². The molecule has 1 aromatic carbocycles. The number of rotatable bonds is 5. The van der Waals surface area contributed by atoms with E-state index in [0.717, 1.165) is 22.4 Å². The highest BCUT2D eigenvalue weighted by atomic mass is 32.2. The lowest BCUT2D eigenvalue weighted by molar-refractivity contribution is -0.123. The Hall–Kier alpha value is -2.78. The van der Waals surface area contributed by atoms with Crippen LogP contribution in [-0.4, -0.2) is 33.7 Å². The molecule has 7 nitrogen and oxygen atoms in total. The average Bonchev–Trinajstić information content (AvgIpc) is 3.21. The number of anilines is 1. The molecule has 0 aliphatic carbocycles. The van der Waals surface area contributed by atoms with Crippen molar-refractivity contribution in [2.75, 3.05) is 5.32 Å². The minimum atomic E-state index is -0.614. The number of thiophene rings is 1. The van der Waals surface area contributed by atoms with Gasteiger partial charge in [-0.3, -0.25) is 14.4 Å². The van der Waals surface area contributed by atoms with Crippen LogP contribution < -0.4 is 10.6 Å². The van der Waals surface area contributed by atoms with Gasteiger partial charge in [0.05, 0.1) is 10.6 Å². The van der Waals surface area contributed by atoms with E-state index in [1.54, 1.807) is 35.6 Å². The summed E-state index contributed by atoms with van der Waals surface area (Å²) in [5, 5.41) is 15.3. The van der Waals surface area contributed by atoms with E-state index in [0.29, 0.717) is 16.4 Å². The Balaban J connectivity index is 1.67. The fourth-order valence-corrected chi connectivity index (χ4v) is 4.01. The molecule has 2 N–H and O–H groups in total. The molecule has 2 amide bonds. The van der Waals surface area contributed by atoms with E-state index in [4.69, 9.17) is 0 Å². The smallest absolute Gasteiger partial charge is 0.238 e. The van der Waals surface area contributed by atoms with Crippen molar-refractivity contribution in [3.8, 4) is 0 Å². The molecule has 1 aliphatic rings. The van der Waals surface area contributed by atoms with E-state index < -0.39 is 5.25 Å². The standard InChI is InChI=1S/C19H18N4O3S2/c1-11(15-4-3-9-27-15)22-23-19-21-17(25)10-16(28-19)18(26)20-14-7-5-13(6-8-14)12(2)24/h3-9,16H,10H2,1-2H3,(H,20,26)(H,21,23,25). The van der Waals surface area contributed by atoms with Gasteiger partial charge in [-0.25, -0.2) is 0 Å². The normalized spacial score (nSPS) is 18.6. The molecule has 1 fully saturated rings. The molecule has 3 rings (SSSR count). The molecule has 1 unspecified atom stereocenters. The minimum Gasteiger partial charge on any atom is -0.325 e. The zero-order chi connectivity index (χ0) is 20.1. The Labute approximate surface area is 170 Å². The molecule has 1 atom stereocenters. The predicted octanol–water partition coefficient (Wildman–Crippen LogP) is 3.29. The van der Waals surface area contributed by atoms with Crippen LogP contribution in [-0.2, 0) is 9.59 Å². The van der Waals surface area contributed by atoms with Crippen molar-refractivity contribution >= 4 is 57.3 Å². The summed E-state index contributed by atoms with van der Waals surface area (Å²) in [6, 6.07) is 10.5. The average molecular weight is 415 g/mol. The number of hydrogen-bond donors (Lipinski definition) is 2. The summed E-state index contributed by atoms with van der Waals surface area (Å²) >= 11 is 2.71. The number of nitrogens with one attached hydrogen (secondary N) is 2. The van der Waals surface area contributed by atoms with Gasteiger partial charge in [-0.05, 0) is 49.6 Å². The second kappa shape index (κ2) is 8.94. The van der Waals surface area contributed by atoms with E-state index in [-0.39, 0.29) is 24.0 Å². The highest BCUT2D eigenvalue weighted by Crippen LogP contribution is 2.23. The third-order valence-electron chi connectivity index (χ3n) is 3.89. The van der Waals surface area contributed by atoms with Crippen LogP contribution in [0, 0.1) is 0 Å². The zero-order valence-corrected chi connectivity index (χ0v) is 16.9. The highest BCUT2D eigenvalue weighted by Gasteiger charge is 2.30. The van der Waals surface area contributed by atoms with Crippen LogP contribution in [0.1, 0.15) is 35.5 Å². The number of carbonyl (C=O) groups excluding carboxylic acids is 3. The van der Waals surface area contributed by atoms with Crippen molar-refractivity contribution in [3.05, 3.63) is 52.2 Å². The fourth-order valence-electron chi connectivity index (χ4n) is 2.40. The topological polar surface area (TPSA) is 100.0 Å². The summed E-state index contributed by atoms with van der Waals surface area (Å²) in [5.74, 6) is -0.632. The number of amidine groups is 1. The van der Waals surface area contributed by atoms with Crippen LogP contribution >= 0.6 is 23.1 Å². The predicted molar refractivity (Wildman–Crippen MR) is 113 cm³/mol. The summed E-state index contributed by atoms with van der Waals surface area (Å²) in [6.07, 6.45) is 0.0503. The minimum absolute atomic E-state index is 0.0448. The molecule has 9 heteroatoms. The van der Waals surface area contributed by atoms with Crippen LogP contribution in [0.25, 0.3) is 0 Å². The maximum absolute atomic E-state index is 12.5. The van der Waals surface area contributed by atoms with Gasteiger partial charge in [0.15, 0.2) is 11.0 Å². The lowest BCUT2D eigenvalue weighted by Crippen LogP contribution is -2.41. The van der Waals surface area contributed by atoms with Crippen molar-refractivity contribution in [2.24, 2.45) is 10.2 Å². The van der Waals surface area contributed by atoms with Gasteiger partial charge in [0, 0.05) is 17.7 Å². The van der Waals surface area contributed by atoms with Crippen LogP contribution in [0.3, 0.4) is 0 Å². The Kier molecular flexibility index (Phi) is 6.37. The summed E-state index contributed by atoms with van der Waals surface area (Å²) in [7, 11) is 0. The SMILES string of the molecule is CC(=O)c1ccc(NC(=O)C2CC(=O)N/C(=N\N=C(C)c3cccs3)S2)cc1. The van der Waals surface area contributed by atoms with Gasteiger partial charge in [0.25, 0.3) is 0 Å². The second-order valence-corrected chi connectivity index (χ2v) is 8.19. The molecule has 0 radical (unpaired) electrons. The maximum Gasteiger partial charge on any atom is 0.238 e. The Morgan fingerprint density at radius 2 is 1.93 bits per heavy atom. The van der Waals surface area contributed by atoms with Crippen molar-refractivity contribution in [1.82, 2.24) is 5.32 Å². The fraction of sp³-hybridized carbons (Fsp3) is 0.211. The number of carbonyl (C=O) groups is 3. The zero-order valence-electron chi connectivity index (χ0n) is 15.3. The summed E-state index contributed by atoms with van der Waals surface area (Å²) in [6.45, 7) is 3.31. The second-order valence-electron chi connectivity index (χ2n) is 6.05. The molecule has 0 spiro atoms. The van der Waals surface area contributed by atoms with E-state index in [1.807, 2.05) is 24.4 Å². The first-order valence-corrected chi connectivity index (χ1v) is 10.2. The van der Waals surface area contributed by atoms with Gasteiger partial charge in [0.2, 0.25) is 11.8 Å². The highest BCUT2D eigenvalue weighted by molar-refractivity contribution is 8.15. The molecular weight excluding hydrogens is 396 g/mol. The quantitative estimate of drug-likeness (QED) is 0.445. The lowest BCUT2D eigenvalue weighted by atomic mass is 10.1. The Morgan fingerprint density at radius 1 is 1.18 bits per heavy atom. The maximum atomic E-state index is 12.5. The van der Waals surface area contributed by atoms with Crippen molar-refractivity contribution in [1.29, 1.82) is 0 Å². The number of thioether (sulfide) groups is 1. The van der Waals surface area contributed by atoms with Gasteiger partial charge in [-0.1, -0.05) is 17.8 Å².